The molecule has 0 amide bonds. The number of methoxy groups -OCH3 is 1. The number of fused-ring (bicyclic) bond motifs is 3. The Kier molecular flexibility index (Phi) is 3.77. The zero-order valence-electron chi connectivity index (χ0n) is 13.6. The number of carboxylic acids is 1. The molecule has 0 spiro atoms. The summed E-state index contributed by atoms with van der Waals surface area (Å²) < 4.78 is 6.56. The molecule has 3 aromatic rings. The van der Waals surface area contributed by atoms with E-state index in [2.05, 4.69) is 21.1 Å². The number of ether oxygens (including phenoxy) is 1. The summed E-state index contributed by atoms with van der Waals surface area (Å²) in [5.41, 5.74) is 4.81. The van der Waals surface area contributed by atoms with Crippen LogP contribution in [0.3, 0.4) is 0 Å². The van der Waals surface area contributed by atoms with Crippen LogP contribution in [0.5, 0.6) is 0 Å². The summed E-state index contributed by atoms with van der Waals surface area (Å²) in [5.74, 6) is -0.711. The second-order valence-electron chi connectivity index (χ2n) is 5.86. The summed E-state index contributed by atoms with van der Waals surface area (Å²) in [4.78, 5) is 20.5. The normalized spacial score (nSPS) is 12.5. The molecule has 0 saturated heterocycles. The molecule has 0 fully saturated rings. The summed E-state index contributed by atoms with van der Waals surface area (Å²) in [6.45, 7) is 0.110. The molecular weight excluding hydrogens is 320 g/mol. The number of aromatic nitrogens is 4. The fourth-order valence-corrected chi connectivity index (χ4v) is 3.15. The first-order chi connectivity index (χ1) is 12.2. The van der Waals surface area contributed by atoms with E-state index in [0.29, 0.717) is 11.6 Å². The van der Waals surface area contributed by atoms with Crippen LogP contribution in [0.4, 0.5) is 0 Å². The van der Waals surface area contributed by atoms with Crippen LogP contribution in [-0.2, 0) is 24.2 Å². The molecule has 1 aliphatic rings. The molecule has 25 heavy (non-hydrogen) atoms. The molecule has 7 nitrogen and oxygen atoms in total. The third-order valence-electron chi connectivity index (χ3n) is 4.36. The van der Waals surface area contributed by atoms with Crippen LogP contribution in [0, 0.1) is 0 Å². The minimum atomic E-state index is -1.05. The molecule has 126 valence electrons. The Balaban J connectivity index is 1.86. The lowest BCUT2D eigenvalue weighted by molar-refractivity contribution is 0.0691. The van der Waals surface area contributed by atoms with E-state index < -0.39 is 5.97 Å². The van der Waals surface area contributed by atoms with Crippen LogP contribution in [-0.4, -0.2) is 37.9 Å². The standard InChI is InChI=1S/C18H16N4O3/c1-25-10-15-14(17(23)24)9-20-22(15)18-19-8-12-7-6-11-4-2-3-5-13(11)16(12)21-18/h2-5,8-9H,6-7,10H2,1H3,(H,23,24). The number of aromatic carboxylic acids is 1. The van der Waals surface area contributed by atoms with Gasteiger partial charge in [0.15, 0.2) is 0 Å². The Morgan fingerprint density at radius 1 is 1.24 bits per heavy atom. The Morgan fingerprint density at radius 2 is 2.04 bits per heavy atom. The van der Waals surface area contributed by atoms with Gasteiger partial charge in [0.2, 0.25) is 0 Å². The lowest BCUT2D eigenvalue weighted by atomic mass is 9.90. The number of carbonyl (C=O) groups is 1. The van der Waals surface area contributed by atoms with E-state index in [1.165, 1.54) is 23.6 Å². The van der Waals surface area contributed by atoms with Crippen LogP contribution in [0.15, 0.2) is 36.7 Å². The summed E-state index contributed by atoms with van der Waals surface area (Å²) >= 11 is 0. The topological polar surface area (TPSA) is 90.1 Å². The maximum atomic E-state index is 11.4. The number of benzene rings is 1. The number of hydrogen-bond acceptors (Lipinski definition) is 5. The Bertz CT molecular complexity index is 965. The van der Waals surface area contributed by atoms with Gasteiger partial charge in [-0.1, -0.05) is 24.3 Å². The second-order valence-corrected chi connectivity index (χ2v) is 5.86. The number of carboxylic acid groups (broad SMARTS) is 1. The van der Waals surface area contributed by atoms with Crippen molar-refractivity contribution in [1.29, 1.82) is 0 Å². The quantitative estimate of drug-likeness (QED) is 0.786. The summed E-state index contributed by atoms with van der Waals surface area (Å²) in [7, 11) is 1.51. The molecule has 1 aliphatic carbocycles. The lowest BCUT2D eigenvalue weighted by Crippen LogP contribution is -2.13. The van der Waals surface area contributed by atoms with Crippen LogP contribution in [0.25, 0.3) is 17.2 Å². The summed E-state index contributed by atoms with van der Waals surface area (Å²) in [5, 5.41) is 13.5. The van der Waals surface area contributed by atoms with Crippen molar-refractivity contribution in [3.05, 3.63) is 59.0 Å². The molecule has 0 radical (unpaired) electrons. The minimum absolute atomic E-state index is 0.0866. The zero-order chi connectivity index (χ0) is 17.4. The maximum Gasteiger partial charge on any atom is 0.339 e. The fourth-order valence-electron chi connectivity index (χ4n) is 3.15. The van der Waals surface area contributed by atoms with Gasteiger partial charge in [-0.25, -0.2) is 14.8 Å². The third-order valence-corrected chi connectivity index (χ3v) is 4.36. The molecule has 1 N–H and O–H groups in total. The molecule has 0 aliphatic heterocycles. The molecule has 7 heteroatoms. The van der Waals surface area contributed by atoms with Gasteiger partial charge in [-0.05, 0) is 24.0 Å². The van der Waals surface area contributed by atoms with Crippen LogP contribution in [0.1, 0.15) is 27.2 Å². The van der Waals surface area contributed by atoms with Gasteiger partial charge < -0.3 is 9.84 Å². The van der Waals surface area contributed by atoms with Gasteiger partial charge in [0, 0.05) is 18.9 Å². The van der Waals surface area contributed by atoms with Crippen LogP contribution in [0.2, 0.25) is 0 Å². The van der Waals surface area contributed by atoms with E-state index in [1.54, 1.807) is 6.20 Å². The predicted octanol–water partition coefficient (Wildman–Crippen LogP) is 2.27. The first-order valence-electron chi connectivity index (χ1n) is 7.92. The molecule has 2 aromatic heterocycles. The van der Waals surface area contributed by atoms with Gasteiger partial charge in [-0.3, -0.25) is 0 Å². The highest BCUT2D eigenvalue weighted by Crippen LogP contribution is 2.31. The molecule has 0 bridgehead atoms. The molecule has 4 rings (SSSR count). The third kappa shape index (κ3) is 2.58. The zero-order valence-corrected chi connectivity index (χ0v) is 13.6. The van der Waals surface area contributed by atoms with Crippen molar-refractivity contribution in [1.82, 2.24) is 19.7 Å². The molecular formula is C18H16N4O3. The highest BCUT2D eigenvalue weighted by atomic mass is 16.5. The van der Waals surface area contributed by atoms with Gasteiger partial charge in [-0.2, -0.15) is 9.78 Å². The van der Waals surface area contributed by atoms with E-state index in [4.69, 9.17) is 4.74 Å². The first-order valence-corrected chi connectivity index (χ1v) is 7.92. The van der Waals surface area contributed by atoms with Crippen molar-refractivity contribution in [3.8, 4) is 17.2 Å². The molecule has 0 unspecified atom stereocenters. The van der Waals surface area contributed by atoms with Gasteiger partial charge in [-0.15, -0.1) is 0 Å². The molecule has 0 saturated carbocycles. The van der Waals surface area contributed by atoms with E-state index in [-0.39, 0.29) is 12.2 Å². The van der Waals surface area contributed by atoms with Gasteiger partial charge in [0.25, 0.3) is 5.95 Å². The van der Waals surface area contributed by atoms with Crippen molar-refractivity contribution >= 4 is 5.97 Å². The van der Waals surface area contributed by atoms with Crippen molar-refractivity contribution in [3.63, 3.8) is 0 Å². The summed E-state index contributed by atoms with van der Waals surface area (Å²) in [6.07, 6.45) is 4.95. The molecule has 2 heterocycles. The number of nitrogens with zero attached hydrogens (tertiary/aromatic N) is 4. The average Bonchev–Trinajstić information content (AvgIpc) is 3.05. The Morgan fingerprint density at radius 3 is 2.84 bits per heavy atom. The Hall–Kier alpha value is -3.06. The largest absolute Gasteiger partial charge is 0.478 e. The monoisotopic (exact) mass is 336 g/mol. The highest BCUT2D eigenvalue weighted by Gasteiger charge is 2.22. The number of hydrogen-bond donors (Lipinski definition) is 1. The van der Waals surface area contributed by atoms with E-state index in [9.17, 15) is 9.90 Å². The minimum Gasteiger partial charge on any atom is -0.478 e. The summed E-state index contributed by atoms with van der Waals surface area (Å²) in [6, 6.07) is 8.16. The van der Waals surface area contributed by atoms with E-state index in [0.717, 1.165) is 29.7 Å². The first kappa shape index (κ1) is 15.5. The lowest BCUT2D eigenvalue weighted by Gasteiger charge is -2.19. The number of aryl methyl sites for hydroxylation is 2. The van der Waals surface area contributed by atoms with Gasteiger partial charge in [0.05, 0.1) is 24.2 Å². The highest BCUT2D eigenvalue weighted by molar-refractivity contribution is 5.88. The van der Waals surface area contributed by atoms with E-state index in [1.807, 2.05) is 18.2 Å². The van der Waals surface area contributed by atoms with E-state index >= 15 is 0 Å². The van der Waals surface area contributed by atoms with Crippen molar-refractivity contribution < 1.29 is 14.6 Å². The molecule has 1 aromatic carbocycles. The fraction of sp³-hybridized carbons (Fsp3) is 0.222. The van der Waals surface area contributed by atoms with Crippen molar-refractivity contribution in [2.75, 3.05) is 7.11 Å². The van der Waals surface area contributed by atoms with Crippen molar-refractivity contribution in [2.45, 2.75) is 19.4 Å². The van der Waals surface area contributed by atoms with Gasteiger partial charge in [0.1, 0.15) is 5.56 Å². The second kappa shape index (κ2) is 6.10. The Labute approximate surface area is 143 Å². The van der Waals surface area contributed by atoms with Crippen molar-refractivity contribution in [2.24, 2.45) is 0 Å². The van der Waals surface area contributed by atoms with Gasteiger partial charge >= 0.3 is 5.97 Å². The molecule has 0 atom stereocenters. The average molecular weight is 336 g/mol. The maximum absolute atomic E-state index is 11.4. The SMILES string of the molecule is COCc1c(C(=O)O)cnn1-c1ncc2c(n1)-c1ccccc1CC2. The van der Waals surface area contributed by atoms with Crippen LogP contribution < -0.4 is 0 Å². The number of rotatable bonds is 4. The van der Waals surface area contributed by atoms with Crippen LogP contribution >= 0.6 is 0 Å². The smallest absolute Gasteiger partial charge is 0.339 e. The predicted molar refractivity (Wildman–Crippen MR) is 89.7 cm³/mol.